The molecule has 104 valence electrons. The average Bonchev–Trinajstić information content (AvgIpc) is 2.25. The van der Waals surface area contributed by atoms with Crippen LogP contribution in [-0.2, 0) is 6.18 Å². The molecule has 0 bridgehead atoms. The Bertz CT molecular complexity index is 509. The van der Waals surface area contributed by atoms with Crippen LogP contribution in [0.1, 0.15) is 22.8 Å². The quantitative estimate of drug-likeness (QED) is 0.854. The lowest BCUT2D eigenvalue weighted by atomic mass is 10.1. The highest BCUT2D eigenvalue weighted by molar-refractivity contribution is 5.91. The molecule has 0 heterocycles. The van der Waals surface area contributed by atoms with Crippen LogP contribution < -0.4 is 4.90 Å². The van der Waals surface area contributed by atoms with Crippen molar-refractivity contribution in [3.8, 4) is 0 Å². The molecule has 0 unspecified atom stereocenters. The second-order valence-electron chi connectivity index (χ2n) is 4.35. The molecule has 6 heteroatoms. The van der Waals surface area contributed by atoms with Crippen molar-refractivity contribution in [2.45, 2.75) is 13.1 Å². The Kier molecular flexibility index (Phi) is 4.24. The summed E-state index contributed by atoms with van der Waals surface area (Å²) in [7, 11) is 1.66. The Morgan fingerprint density at radius 1 is 1.42 bits per heavy atom. The number of hydrogen-bond acceptors (Lipinski definition) is 2. The molecule has 1 aromatic rings. The monoisotopic (exact) mass is 273 g/mol. The van der Waals surface area contributed by atoms with Gasteiger partial charge in [0, 0.05) is 19.3 Å². The van der Waals surface area contributed by atoms with Crippen molar-refractivity contribution in [3.63, 3.8) is 0 Å². The summed E-state index contributed by atoms with van der Waals surface area (Å²) < 4.78 is 38.0. The summed E-state index contributed by atoms with van der Waals surface area (Å²) >= 11 is 0. The maximum atomic E-state index is 12.7. The minimum absolute atomic E-state index is 0.397. The molecule has 3 nitrogen and oxygen atoms in total. The summed E-state index contributed by atoms with van der Waals surface area (Å²) in [6.45, 7) is 5.91. The van der Waals surface area contributed by atoms with Crippen molar-refractivity contribution in [2.24, 2.45) is 0 Å². The van der Waals surface area contributed by atoms with Crippen LogP contribution in [0, 0.1) is 0 Å². The molecule has 1 aromatic carbocycles. The van der Waals surface area contributed by atoms with E-state index in [4.69, 9.17) is 5.11 Å². The fourth-order valence-electron chi connectivity index (χ4n) is 1.69. The summed E-state index contributed by atoms with van der Waals surface area (Å²) in [5.74, 6) is -1.60. The summed E-state index contributed by atoms with van der Waals surface area (Å²) in [6.07, 6.45) is -4.68. The molecule has 0 amide bonds. The van der Waals surface area contributed by atoms with Crippen LogP contribution in [-0.4, -0.2) is 24.7 Å². The predicted octanol–water partition coefficient (Wildman–Crippen LogP) is 3.42. The van der Waals surface area contributed by atoms with Gasteiger partial charge in [-0.3, -0.25) is 0 Å². The Balaban J connectivity index is 3.24. The SMILES string of the molecule is C=C(C)CN(C)c1ccc(C(F)(F)F)c(C(=O)O)c1. The van der Waals surface area contributed by atoms with E-state index < -0.39 is 23.3 Å². The van der Waals surface area contributed by atoms with Crippen molar-refractivity contribution in [1.82, 2.24) is 0 Å². The Labute approximate surface area is 109 Å². The number of aromatic carboxylic acids is 1. The lowest BCUT2D eigenvalue weighted by Crippen LogP contribution is -2.20. The molecular formula is C13H14F3NO2. The fourth-order valence-corrected chi connectivity index (χ4v) is 1.69. The van der Waals surface area contributed by atoms with Crippen LogP contribution in [0.4, 0.5) is 18.9 Å². The molecule has 0 atom stereocenters. The molecule has 0 spiro atoms. The third-order valence-corrected chi connectivity index (χ3v) is 2.49. The highest BCUT2D eigenvalue weighted by atomic mass is 19.4. The number of likely N-dealkylation sites (N-methyl/N-ethyl adjacent to an activating group) is 1. The van der Waals surface area contributed by atoms with E-state index in [2.05, 4.69) is 6.58 Å². The lowest BCUT2D eigenvalue weighted by molar-refractivity contribution is -0.138. The lowest BCUT2D eigenvalue weighted by Gasteiger charge is -2.21. The van der Waals surface area contributed by atoms with Gasteiger partial charge in [0.1, 0.15) is 0 Å². The largest absolute Gasteiger partial charge is 0.478 e. The Hall–Kier alpha value is -1.98. The van der Waals surface area contributed by atoms with Gasteiger partial charge in [-0.05, 0) is 25.1 Å². The van der Waals surface area contributed by atoms with Gasteiger partial charge < -0.3 is 10.0 Å². The van der Waals surface area contributed by atoms with Gasteiger partial charge in [0.25, 0.3) is 0 Å². The summed E-state index contributed by atoms with van der Waals surface area (Å²) in [6, 6.07) is 3.06. The van der Waals surface area contributed by atoms with Crippen molar-refractivity contribution < 1.29 is 23.1 Å². The zero-order chi connectivity index (χ0) is 14.8. The van der Waals surface area contributed by atoms with E-state index in [0.717, 1.165) is 17.7 Å². The molecule has 0 aliphatic rings. The van der Waals surface area contributed by atoms with Crippen LogP contribution >= 0.6 is 0 Å². The number of anilines is 1. The van der Waals surface area contributed by atoms with Gasteiger partial charge in [-0.15, -0.1) is 0 Å². The van der Waals surface area contributed by atoms with Crippen molar-refractivity contribution >= 4 is 11.7 Å². The van der Waals surface area contributed by atoms with E-state index in [1.807, 2.05) is 0 Å². The summed E-state index contributed by atoms with van der Waals surface area (Å²) in [5, 5.41) is 8.88. The number of carboxylic acid groups (broad SMARTS) is 1. The van der Waals surface area contributed by atoms with E-state index in [-0.39, 0.29) is 0 Å². The summed E-state index contributed by atoms with van der Waals surface area (Å²) in [5.41, 5.74) is -0.682. The number of carbonyl (C=O) groups is 1. The average molecular weight is 273 g/mol. The molecule has 0 aromatic heterocycles. The van der Waals surface area contributed by atoms with Gasteiger partial charge >= 0.3 is 12.1 Å². The smallest absolute Gasteiger partial charge is 0.417 e. The Morgan fingerprint density at radius 3 is 2.42 bits per heavy atom. The number of benzene rings is 1. The maximum absolute atomic E-state index is 12.7. The molecular weight excluding hydrogens is 259 g/mol. The highest BCUT2D eigenvalue weighted by Gasteiger charge is 2.35. The van der Waals surface area contributed by atoms with Gasteiger partial charge in [-0.2, -0.15) is 13.2 Å². The molecule has 0 aliphatic carbocycles. The normalized spacial score (nSPS) is 11.2. The predicted molar refractivity (Wildman–Crippen MR) is 66.5 cm³/mol. The third-order valence-electron chi connectivity index (χ3n) is 2.49. The van der Waals surface area contributed by atoms with E-state index in [9.17, 15) is 18.0 Å². The van der Waals surface area contributed by atoms with Crippen molar-refractivity contribution in [2.75, 3.05) is 18.5 Å². The van der Waals surface area contributed by atoms with Crippen LogP contribution in [0.2, 0.25) is 0 Å². The van der Waals surface area contributed by atoms with E-state index in [1.54, 1.807) is 18.9 Å². The second kappa shape index (κ2) is 5.34. The molecule has 0 aliphatic heterocycles. The first kappa shape index (κ1) is 15.1. The molecule has 0 radical (unpaired) electrons. The van der Waals surface area contributed by atoms with Crippen LogP contribution in [0.25, 0.3) is 0 Å². The zero-order valence-electron chi connectivity index (χ0n) is 10.6. The van der Waals surface area contributed by atoms with E-state index in [0.29, 0.717) is 12.2 Å². The van der Waals surface area contributed by atoms with Gasteiger partial charge in [0.15, 0.2) is 0 Å². The number of alkyl halides is 3. The second-order valence-corrected chi connectivity index (χ2v) is 4.35. The fraction of sp³-hybridized carbons (Fsp3) is 0.308. The van der Waals surface area contributed by atoms with Gasteiger partial charge in [-0.25, -0.2) is 4.79 Å². The third kappa shape index (κ3) is 3.74. The Morgan fingerprint density at radius 2 is 2.00 bits per heavy atom. The molecule has 0 saturated heterocycles. The molecule has 0 saturated carbocycles. The molecule has 1 rings (SSSR count). The number of nitrogens with zero attached hydrogens (tertiary/aromatic N) is 1. The standard InChI is InChI=1S/C13H14F3NO2/c1-8(2)7-17(3)9-4-5-11(13(14,15)16)10(6-9)12(18)19/h4-6H,1,7H2,2-3H3,(H,18,19). The van der Waals surface area contributed by atoms with Crippen LogP contribution in [0.3, 0.4) is 0 Å². The number of hydrogen-bond donors (Lipinski definition) is 1. The number of carboxylic acids is 1. The topological polar surface area (TPSA) is 40.5 Å². The number of halogens is 3. The first-order chi connectivity index (χ1) is 8.62. The van der Waals surface area contributed by atoms with Gasteiger partial charge in [-0.1, -0.05) is 12.2 Å². The van der Waals surface area contributed by atoms with Crippen LogP contribution in [0.15, 0.2) is 30.4 Å². The maximum Gasteiger partial charge on any atom is 0.417 e. The minimum Gasteiger partial charge on any atom is -0.478 e. The molecule has 19 heavy (non-hydrogen) atoms. The number of rotatable bonds is 4. The van der Waals surface area contributed by atoms with Crippen molar-refractivity contribution in [3.05, 3.63) is 41.5 Å². The molecule has 1 N–H and O–H groups in total. The first-order valence-corrected chi connectivity index (χ1v) is 5.43. The highest BCUT2D eigenvalue weighted by Crippen LogP contribution is 2.34. The van der Waals surface area contributed by atoms with E-state index in [1.165, 1.54) is 6.07 Å². The van der Waals surface area contributed by atoms with E-state index >= 15 is 0 Å². The van der Waals surface area contributed by atoms with Crippen LogP contribution in [0.5, 0.6) is 0 Å². The van der Waals surface area contributed by atoms with Gasteiger partial charge in [0.05, 0.1) is 11.1 Å². The van der Waals surface area contributed by atoms with Crippen molar-refractivity contribution in [1.29, 1.82) is 0 Å². The molecule has 0 fully saturated rings. The summed E-state index contributed by atoms with van der Waals surface area (Å²) in [4.78, 5) is 12.6. The van der Waals surface area contributed by atoms with Gasteiger partial charge in [0.2, 0.25) is 0 Å². The first-order valence-electron chi connectivity index (χ1n) is 5.43. The zero-order valence-corrected chi connectivity index (χ0v) is 10.6. The minimum atomic E-state index is -4.68.